The van der Waals surface area contributed by atoms with E-state index in [9.17, 15) is 9.59 Å². The van der Waals surface area contributed by atoms with Gasteiger partial charge < -0.3 is 14.8 Å². The molecule has 0 radical (unpaired) electrons. The summed E-state index contributed by atoms with van der Waals surface area (Å²) in [6.07, 6.45) is 0.148. The van der Waals surface area contributed by atoms with Gasteiger partial charge in [-0.2, -0.15) is 0 Å². The van der Waals surface area contributed by atoms with Crippen LogP contribution < -0.4 is 10.1 Å². The summed E-state index contributed by atoms with van der Waals surface area (Å²) in [7, 11) is 0. The fourth-order valence-corrected chi connectivity index (χ4v) is 3.11. The monoisotopic (exact) mass is 443 g/mol. The van der Waals surface area contributed by atoms with Gasteiger partial charge in [0, 0.05) is 16.3 Å². The van der Waals surface area contributed by atoms with Crippen LogP contribution in [0.15, 0.2) is 66.7 Å². The number of nitrogens with one attached hydrogen (secondary N) is 1. The Morgan fingerprint density at radius 3 is 2.40 bits per heavy atom. The van der Waals surface area contributed by atoms with Crippen LogP contribution in [0.4, 0.5) is 5.69 Å². The molecule has 1 amide bonds. The van der Waals surface area contributed by atoms with Crippen molar-refractivity contribution in [1.29, 1.82) is 0 Å². The maximum Gasteiger partial charge on any atom is 0.310 e. The summed E-state index contributed by atoms with van der Waals surface area (Å²) in [5.74, 6) is 0.444. The first-order valence-electron chi connectivity index (χ1n) is 9.23. The first-order valence-corrected chi connectivity index (χ1v) is 9.99. The van der Waals surface area contributed by atoms with Crippen molar-refractivity contribution in [2.24, 2.45) is 0 Å². The van der Waals surface area contributed by atoms with E-state index in [2.05, 4.69) is 5.32 Å². The van der Waals surface area contributed by atoms with Gasteiger partial charge in [-0.3, -0.25) is 9.59 Å². The van der Waals surface area contributed by atoms with Crippen molar-refractivity contribution < 1.29 is 19.1 Å². The van der Waals surface area contributed by atoms with Crippen molar-refractivity contribution in [3.05, 3.63) is 87.9 Å². The summed E-state index contributed by atoms with van der Waals surface area (Å²) >= 11 is 12.2. The number of ether oxygens (including phenoxy) is 2. The zero-order chi connectivity index (χ0) is 21.5. The lowest BCUT2D eigenvalue weighted by Crippen LogP contribution is -2.11. The van der Waals surface area contributed by atoms with E-state index in [4.69, 9.17) is 32.7 Å². The summed E-state index contributed by atoms with van der Waals surface area (Å²) < 4.78 is 10.7. The number of hydrogen-bond acceptors (Lipinski definition) is 4. The van der Waals surface area contributed by atoms with Gasteiger partial charge in [0.2, 0.25) is 0 Å². The minimum absolute atomic E-state index is 0.148. The van der Waals surface area contributed by atoms with Crippen molar-refractivity contribution >= 4 is 40.8 Å². The molecule has 0 aliphatic heterocycles. The Morgan fingerprint density at radius 2 is 1.73 bits per heavy atom. The Kier molecular flexibility index (Phi) is 7.33. The molecule has 30 heavy (non-hydrogen) atoms. The lowest BCUT2D eigenvalue weighted by molar-refractivity contribution is -0.142. The smallest absolute Gasteiger partial charge is 0.310 e. The Labute approximate surface area is 184 Å². The summed E-state index contributed by atoms with van der Waals surface area (Å²) in [5, 5.41) is 3.68. The van der Waals surface area contributed by atoms with Crippen LogP contribution in [0.25, 0.3) is 0 Å². The average molecular weight is 444 g/mol. The van der Waals surface area contributed by atoms with Gasteiger partial charge in [-0.1, -0.05) is 35.3 Å². The topological polar surface area (TPSA) is 64.6 Å². The molecular weight excluding hydrogens is 425 g/mol. The first-order chi connectivity index (χ1) is 14.4. The molecule has 0 bridgehead atoms. The van der Waals surface area contributed by atoms with Gasteiger partial charge in [-0.15, -0.1) is 0 Å². The number of amides is 1. The Bertz CT molecular complexity index is 1050. The molecule has 0 aromatic heterocycles. The highest BCUT2D eigenvalue weighted by molar-refractivity contribution is 6.32. The van der Waals surface area contributed by atoms with Crippen LogP contribution in [0.2, 0.25) is 10.0 Å². The van der Waals surface area contributed by atoms with Crippen LogP contribution in [0.3, 0.4) is 0 Å². The molecule has 3 aromatic rings. The van der Waals surface area contributed by atoms with Crippen molar-refractivity contribution in [2.75, 3.05) is 11.9 Å². The lowest BCUT2D eigenvalue weighted by atomic mass is 10.1. The molecule has 1 N–H and O–H groups in total. The van der Waals surface area contributed by atoms with Gasteiger partial charge >= 0.3 is 5.97 Å². The van der Waals surface area contributed by atoms with Crippen LogP contribution in [-0.4, -0.2) is 18.5 Å². The van der Waals surface area contributed by atoms with Crippen LogP contribution in [-0.2, 0) is 16.0 Å². The highest BCUT2D eigenvalue weighted by Gasteiger charge is 2.10. The SMILES string of the molecule is CCOC(=O)Cc1ccc(Oc2ccc(NC(=O)c3cccc(Cl)c3)cc2)c(Cl)c1. The second-order valence-corrected chi connectivity index (χ2v) is 7.18. The summed E-state index contributed by atoms with van der Waals surface area (Å²) in [6, 6.07) is 18.7. The Hall–Kier alpha value is -3.02. The maximum atomic E-state index is 12.3. The van der Waals surface area contributed by atoms with Crippen LogP contribution in [0, 0.1) is 0 Å². The van der Waals surface area contributed by atoms with E-state index in [1.165, 1.54) is 0 Å². The molecule has 0 heterocycles. The van der Waals surface area contributed by atoms with Crippen LogP contribution >= 0.6 is 23.2 Å². The lowest BCUT2D eigenvalue weighted by Gasteiger charge is -2.10. The molecule has 0 fully saturated rings. The molecule has 0 saturated heterocycles. The molecule has 0 atom stereocenters. The molecule has 154 valence electrons. The van der Waals surface area contributed by atoms with Crippen molar-refractivity contribution in [3.63, 3.8) is 0 Å². The van der Waals surface area contributed by atoms with Crippen molar-refractivity contribution in [2.45, 2.75) is 13.3 Å². The maximum absolute atomic E-state index is 12.3. The summed E-state index contributed by atoms with van der Waals surface area (Å²) in [4.78, 5) is 23.9. The molecule has 7 heteroatoms. The van der Waals surface area contributed by atoms with E-state index in [-0.39, 0.29) is 18.3 Å². The highest BCUT2D eigenvalue weighted by Crippen LogP contribution is 2.31. The highest BCUT2D eigenvalue weighted by atomic mass is 35.5. The Morgan fingerprint density at radius 1 is 0.967 bits per heavy atom. The zero-order valence-electron chi connectivity index (χ0n) is 16.2. The van der Waals surface area contributed by atoms with Crippen molar-refractivity contribution in [3.8, 4) is 11.5 Å². The fourth-order valence-electron chi connectivity index (χ4n) is 2.68. The molecule has 0 unspecified atom stereocenters. The molecule has 0 spiro atoms. The zero-order valence-corrected chi connectivity index (χ0v) is 17.7. The van der Waals surface area contributed by atoms with E-state index < -0.39 is 0 Å². The van der Waals surface area contributed by atoms with E-state index in [1.54, 1.807) is 73.7 Å². The quantitative estimate of drug-likeness (QED) is 0.445. The molecule has 0 aliphatic carbocycles. The number of hydrogen-bond donors (Lipinski definition) is 1. The second kappa shape index (κ2) is 10.1. The van der Waals surface area contributed by atoms with E-state index >= 15 is 0 Å². The van der Waals surface area contributed by atoms with E-state index in [1.807, 2.05) is 0 Å². The fraction of sp³-hybridized carbons (Fsp3) is 0.130. The number of esters is 1. The van der Waals surface area contributed by atoms with Crippen molar-refractivity contribution in [1.82, 2.24) is 0 Å². The van der Waals surface area contributed by atoms with Gasteiger partial charge in [0.25, 0.3) is 5.91 Å². The number of anilines is 1. The Balaban J connectivity index is 1.62. The summed E-state index contributed by atoms with van der Waals surface area (Å²) in [5.41, 5.74) is 1.82. The number of halogens is 2. The van der Waals surface area contributed by atoms with Gasteiger partial charge in [0.15, 0.2) is 0 Å². The number of rotatable bonds is 7. The largest absolute Gasteiger partial charge is 0.466 e. The first kappa shape index (κ1) is 21.7. The minimum Gasteiger partial charge on any atom is -0.466 e. The molecule has 5 nitrogen and oxygen atoms in total. The minimum atomic E-state index is -0.308. The van der Waals surface area contributed by atoms with Gasteiger partial charge in [-0.05, 0) is 67.1 Å². The van der Waals surface area contributed by atoms with Crippen LogP contribution in [0.5, 0.6) is 11.5 Å². The molecule has 3 aromatic carbocycles. The molecule has 3 rings (SSSR count). The predicted octanol–water partition coefficient (Wildman–Crippen LogP) is 6.14. The summed E-state index contributed by atoms with van der Waals surface area (Å²) in [6.45, 7) is 2.10. The third kappa shape index (κ3) is 5.99. The molecule has 0 aliphatic rings. The molecular formula is C23H19Cl2NO4. The van der Waals surface area contributed by atoms with E-state index in [0.29, 0.717) is 39.4 Å². The van der Waals surface area contributed by atoms with Crippen LogP contribution in [0.1, 0.15) is 22.8 Å². The van der Waals surface area contributed by atoms with Gasteiger partial charge in [-0.25, -0.2) is 0 Å². The van der Waals surface area contributed by atoms with Gasteiger partial charge in [0.05, 0.1) is 18.1 Å². The van der Waals surface area contributed by atoms with Gasteiger partial charge in [0.1, 0.15) is 11.5 Å². The third-order valence-corrected chi connectivity index (χ3v) is 4.61. The predicted molar refractivity (Wildman–Crippen MR) is 118 cm³/mol. The normalized spacial score (nSPS) is 10.4. The number of carbonyl (C=O) groups is 2. The third-order valence-electron chi connectivity index (χ3n) is 4.08. The number of benzene rings is 3. The number of carbonyl (C=O) groups excluding carboxylic acids is 2. The molecule has 0 saturated carbocycles. The average Bonchev–Trinajstić information content (AvgIpc) is 2.71. The standard InChI is InChI=1S/C23H19Cl2NO4/c1-2-29-22(27)13-15-6-11-21(20(25)12-15)30-19-9-7-18(8-10-19)26-23(28)16-4-3-5-17(24)14-16/h3-12,14H,2,13H2,1H3,(H,26,28). The second-order valence-electron chi connectivity index (χ2n) is 6.34. The van der Waals surface area contributed by atoms with E-state index in [0.717, 1.165) is 5.56 Å².